The Morgan fingerprint density at radius 2 is 2.25 bits per heavy atom. The van der Waals surface area contributed by atoms with Crippen molar-refractivity contribution in [3.8, 4) is 0 Å². The summed E-state index contributed by atoms with van der Waals surface area (Å²) in [6.07, 6.45) is 0.866. The van der Waals surface area contributed by atoms with Crippen LogP contribution < -0.4 is 4.90 Å². The Balaban J connectivity index is 2.87. The fraction of sp³-hybridized carbons (Fsp3) is 0.636. The molecule has 1 heterocycles. The van der Waals surface area contributed by atoms with Crippen molar-refractivity contribution < 1.29 is 9.53 Å². The minimum absolute atomic E-state index is 0.347. The minimum Gasteiger partial charge on any atom is -0.383 e. The molecule has 0 radical (unpaired) electrons. The van der Waals surface area contributed by atoms with E-state index in [9.17, 15) is 4.79 Å². The molecule has 0 unspecified atom stereocenters. The van der Waals surface area contributed by atoms with E-state index in [0.717, 1.165) is 23.7 Å². The number of carbonyl (C=O) groups is 1. The molecule has 5 heteroatoms. The first-order valence-electron chi connectivity index (χ1n) is 5.28. The first-order chi connectivity index (χ1) is 7.60. The summed E-state index contributed by atoms with van der Waals surface area (Å²) >= 11 is 1.44. The Bertz CT molecular complexity index is 350. The summed E-state index contributed by atoms with van der Waals surface area (Å²) in [5.41, 5.74) is 0.804. The van der Waals surface area contributed by atoms with E-state index >= 15 is 0 Å². The second kappa shape index (κ2) is 5.96. The van der Waals surface area contributed by atoms with E-state index < -0.39 is 0 Å². The molecule has 0 aliphatic heterocycles. The van der Waals surface area contributed by atoms with Gasteiger partial charge < -0.3 is 9.64 Å². The van der Waals surface area contributed by atoms with Crippen LogP contribution in [0.2, 0.25) is 0 Å². The number of ether oxygens (including phenoxy) is 1. The highest BCUT2D eigenvalue weighted by Gasteiger charge is 2.16. The van der Waals surface area contributed by atoms with Crippen molar-refractivity contribution in [2.24, 2.45) is 0 Å². The van der Waals surface area contributed by atoms with E-state index in [2.05, 4.69) is 23.7 Å². The van der Waals surface area contributed by atoms with Crippen molar-refractivity contribution in [3.05, 3.63) is 10.6 Å². The molecule has 0 N–H and O–H groups in total. The third-order valence-corrected chi connectivity index (χ3v) is 3.45. The van der Waals surface area contributed by atoms with Crippen molar-refractivity contribution in [2.75, 3.05) is 25.2 Å². The van der Waals surface area contributed by atoms with Gasteiger partial charge in [-0.25, -0.2) is 4.98 Å². The molecule has 0 saturated heterocycles. The third-order valence-electron chi connectivity index (χ3n) is 2.33. The summed E-state index contributed by atoms with van der Waals surface area (Å²) < 4.78 is 5.07. The smallest absolute Gasteiger partial charge is 0.186 e. The van der Waals surface area contributed by atoms with Crippen molar-refractivity contribution in [3.63, 3.8) is 0 Å². The van der Waals surface area contributed by atoms with Crippen LogP contribution in [0.15, 0.2) is 0 Å². The van der Waals surface area contributed by atoms with Crippen LogP contribution in [-0.4, -0.2) is 37.6 Å². The number of rotatable bonds is 6. The van der Waals surface area contributed by atoms with E-state index in [1.807, 2.05) is 6.92 Å². The SMILES string of the molecule is COCCN(c1nc(C)c(C=O)s1)C(C)C. The molecule has 1 aromatic heterocycles. The molecule has 1 rings (SSSR count). The Morgan fingerprint density at radius 1 is 1.56 bits per heavy atom. The zero-order chi connectivity index (χ0) is 12.1. The number of nitrogens with zero attached hydrogens (tertiary/aromatic N) is 2. The summed E-state index contributed by atoms with van der Waals surface area (Å²) in [6, 6.07) is 0.347. The van der Waals surface area contributed by atoms with Gasteiger partial charge in [-0.05, 0) is 20.8 Å². The molecule has 0 aliphatic carbocycles. The largest absolute Gasteiger partial charge is 0.383 e. The lowest BCUT2D eigenvalue weighted by Gasteiger charge is -2.25. The van der Waals surface area contributed by atoms with Gasteiger partial charge in [0.15, 0.2) is 11.4 Å². The number of anilines is 1. The average Bonchev–Trinajstić information content (AvgIpc) is 2.59. The molecular formula is C11H18N2O2S. The predicted molar refractivity (Wildman–Crippen MR) is 66.6 cm³/mol. The Labute approximate surface area is 100 Å². The standard InChI is InChI=1S/C11H18N2O2S/c1-8(2)13(5-6-15-4)11-12-9(3)10(7-14)16-11/h7-8H,5-6H2,1-4H3. The van der Waals surface area contributed by atoms with E-state index in [1.54, 1.807) is 7.11 Å². The highest BCUT2D eigenvalue weighted by atomic mass is 32.1. The number of aryl methyl sites for hydroxylation is 1. The van der Waals surface area contributed by atoms with Gasteiger partial charge in [0.25, 0.3) is 0 Å². The van der Waals surface area contributed by atoms with Gasteiger partial charge in [-0.1, -0.05) is 11.3 Å². The minimum atomic E-state index is 0.347. The van der Waals surface area contributed by atoms with Gasteiger partial charge in [-0.2, -0.15) is 0 Å². The van der Waals surface area contributed by atoms with E-state index in [1.165, 1.54) is 11.3 Å². The lowest BCUT2D eigenvalue weighted by Crippen LogP contribution is -2.33. The first-order valence-corrected chi connectivity index (χ1v) is 6.10. The highest BCUT2D eigenvalue weighted by Crippen LogP contribution is 2.25. The molecule has 0 fully saturated rings. The summed E-state index contributed by atoms with van der Waals surface area (Å²) in [5.74, 6) is 0. The van der Waals surface area contributed by atoms with Gasteiger partial charge in [-0.3, -0.25) is 4.79 Å². The third kappa shape index (κ3) is 3.02. The predicted octanol–water partition coefficient (Wildman–Crippen LogP) is 2.13. The normalized spacial score (nSPS) is 10.8. The van der Waals surface area contributed by atoms with Gasteiger partial charge in [-0.15, -0.1) is 0 Å². The first kappa shape index (κ1) is 13.1. The van der Waals surface area contributed by atoms with Gasteiger partial charge >= 0.3 is 0 Å². The van der Waals surface area contributed by atoms with E-state index in [-0.39, 0.29) is 0 Å². The Kier molecular flexibility index (Phi) is 4.89. The maximum Gasteiger partial charge on any atom is 0.186 e. The number of carbonyl (C=O) groups excluding carboxylic acids is 1. The van der Waals surface area contributed by atoms with Crippen LogP contribution in [0, 0.1) is 6.92 Å². The number of hydrogen-bond donors (Lipinski definition) is 0. The summed E-state index contributed by atoms with van der Waals surface area (Å²) in [4.78, 5) is 18.0. The van der Waals surface area contributed by atoms with Crippen LogP contribution in [0.3, 0.4) is 0 Å². The number of methoxy groups -OCH3 is 1. The van der Waals surface area contributed by atoms with Gasteiger partial charge in [0, 0.05) is 19.7 Å². The second-order valence-corrected chi connectivity index (χ2v) is 4.85. The maximum atomic E-state index is 10.8. The zero-order valence-electron chi connectivity index (χ0n) is 10.2. The van der Waals surface area contributed by atoms with Gasteiger partial charge in [0.2, 0.25) is 0 Å². The molecule has 1 aromatic rings. The van der Waals surface area contributed by atoms with Crippen molar-refractivity contribution >= 4 is 22.8 Å². The lowest BCUT2D eigenvalue weighted by atomic mass is 10.3. The van der Waals surface area contributed by atoms with Gasteiger partial charge in [0.05, 0.1) is 17.2 Å². The quantitative estimate of drug-likeness (QED) is 0.717. The van der Waals surface area contributed by atoms with Crippen molar-refractivity contribution in [1.29, 1.82) is 0 Å². The van der Waals surface area contributed by atoms with Crippen molar-refractivity contribution in [2.45, 2.75) is 26.8 Å². The molecule has 0 amide bonds. The number of hydrogen-bond acceptors (Lipinski definition) is 5. The van der Waals surface area contributed by atoms with E-state index in [4.69, 9.17) is 4.74 Å². The summed E-state index contributed by atoms with van der Waals surface area (Å²) in [6.45, 7) is 7.52. The summed E-state index contributed by atoms with van der Waals surface area (Å²) in [7, 11) is 1.68. The molecule has 0 aromatic carbocycles. The molecule has 16 heavy (non-hydrogen) atoms. The van der Waals surface area contributed by atoms with Crippen LogP contribution in [0.4, 0.5) is 5.13 Å². The fourth-order valence-corrected chi connectivity index (χ4v) is 2.43. The monoisotopic (exact) mass is 242 g/mol. The number of aromatic nitrogens is 1. The zero-order valence-corrected chi connectivity index (χ0v) is 11.0. The highest BCUT2D eigenvalue weighted by molar-refractivity contribution is 7.17. The lowest BCUT2D eigenvalue weighted by molar-refractivity contribution is 0.112. The topological polar surface area (TPSA) is 42.4 Å². The molecule has 0 bridgehead atoms. The van der Waals surface area contributed by atoms with Crippen LogP contribution in [0.5, 0.6) is 0 Å². The molecule has 0 saturated carbocycles. The molecule has 4 nitrogen and oxygen atoms in total. The molecular weight excluding hydrogens is 224 g/mol. The van der Waals surface area contributed by atoms with Crippen LogP contribution in [0.1, 0.15) is 29.2 Å². The van der Waals surface area contributed by atoms with Crippen LogP contribution in [0.25, 0.3) is 0 Å². The summed E-state index contributed by atoms with van der Waals surface area (Å²) in [5, 5.41) is 0.895. The Morgan fingerprint density at radius 3 is 2.69 bits per heavy atom. The maximum absolute atomic E-state index is 10.8. The number of aldehydes is 1. The van der Waals surface area contributed by atoms with E-state index in [0.29, 0.717) is 17.5 Å². The molecule has 0 spiro atoms. The molecule has 0 aliphatic rings. The molecule has 0 atom stereocenters. The fourth-order valence-electron chi connectivity index (χ4n) is 1.39. The van der Waals surface area contributed by atoms with Gasteiger partial charge in [0.1, 0.15) is 0 Å². The van der Waals surface area contributed by atoms with Crippen molar-refractivity contribution in [1.82, 2.24) is 4.98 Å². The molecule has 90 valence electrons. The average molecular weight is 242 g/mol. The Hall–Kier alpha value is -0.940. The van der Waals surface area contributed by atoms with Crippen LogP contribution in [-0.2, 0) is 4.74 Å². The number of thiazole rings is 1. The second-order valence-electron chi connectivity index (χ2n) is 3.84. The van der Waals surface area contributed by atoms with Crippen LogP contribution >= 0.6 is 11.3 Å².